The van der Waals surface area contributed by atoms with E-state index in [1.165, 1.54) is 12.8 Å². The molecular formula is C20H29N3O2S. The van der Waals surface area contributed by atoms with Gasteiger partial charge >= 0.3 is 0 Å². The number of rotatable bonds is 8. The molecule has 1 aliphatic rings. The number of sulfonamides is 1. The van der Waals surface area contributed by atoms with Gasteiger partial charge in [0.15, 0.2) is 0 Å². The molecule has 0 aliphatic heterocycles. The van der Waals surface area contributed by atoms with Crippen LogP contribution in [0.25, 0.3) is 11.3 Å². The van der Waals surface area contributed by atoms with Crippen molar-refractivity contribution in [2.75, 3.05) is 13.1 Å². The molecule has 1 aromatic heterocycles. The molecule has 0 radical (unpaired) electrons. The van der Waals surface area contributed by atoms with Gasteiger partial charge in [0.2, 0.25) is 10.0 Å². The molecule has 0 saturated heterocycles. The van der Waals surface area contributed by atoms with E-state index in [4.69, 9.17) is 5.10 Å². The second-order valence-corrected chi connectivity index (χ2v) is 8.94. The van der Waals surface area contributed by atoms with Crippen LogP contribution in [0.5, 0.6) is 0 Å². The Morgan fingerprint density at radius 1 is 1.08 bits per heavy atom. The van der Waals surface area contributed by atoms with E-state index in [0.29, 0.717) is 29.7 Å². The third-order valence-electron chi connectivity index (χ3n) is 5.01. The lowest BCUT2D eigenvalue weighted by atomic mass is 10.2. The molecule has 0 amide bonds. The van der Waals surface area contributed by atoms with Gasteiger partial charge in [0.1, 0.15) is 10.6 Å². The number of hydrogen-bond acceptors (Lipinski definition) is 3. The van der Waals surface area contributed by atoms with Crippen LogP contribution in [0.3, 0.4) is 0 Å². The van der Waals surface area contributed by atoms with Crippen LogP contribution in [-0.4, -0.2) is 35.6 Å². The van der Waals surface area contributed by atoms with Crippen molar-refractivity contribution < 1.29 is 8.42 Å². The summed E-state index contributed by atoms with van der Waals surface area (Å²) < 4.78 is 30.3. The highest BCUT2D eigenvalue weighted by molar-refractivity contribution is 7.89. The minimum Gasteiger partial charge on any atom is -0.268 e. The van der Waals surface area contributed by atoms with Gasteiger partial charge in [0, 0.05) is 24.8 Å². The molecule has 142 valence electrons. The second kappa shape index (κ2) is 8.35. The highest BCUT2D eigenvalue weighted by Crippen LogP contribution is 2.34. The highest BCUT2D eigenvalue weighted by atomic mass is 32.2. The van der Waals surface area contributed by atoms with Gasteiger partial charge in [-0.3, -0.25) is 4.68 Å². The number of benzene rings is 1. The van der Waals surface area contributed by atoms with Gasteiger partial charge in [-0.05, 0) is 25.7 Å². The van der Waals surface area contributed by atoms with Gasteiger partial charge in [-0.25, -0.2) is 8.42 Å². The zero-order valence-electron chi connectivity index (χ0n) is 15.8. The van der Waals surface area contributed by atoms with Crippen molar-refractivity contribution in [3.8, 4) is 11.3 Å². The molecule has 1 aliphatic carbocycles. The van der Waals surface area contributed by atoms with E-state index in [1.807, 2.05) is 48.9 Å². The van der Waals surface area contributed by atoms with Crippen molar-refractivity contribution in [2.24, 2.45) is 0 Å². The summed E-state index contributed by atoms with van der Waals surface area (Å²) in [6.07, 6.45) is 7.89. The third kappa shape index (κ3) is 3.86. The van der Waals surface area contributed by atoms with Gasteiger partial charge in [-0.15, -0.1) is 0 Å². The van der Waals surface area contributed by atoms with Gasteiger partial charge in [-0.2, -0.15) is 9.40 Å². The SMILES string of the molecule is CCCN(CCC)S(=O)(=O)c1cn(C2CCCC2)nc1-c1ccccc1. The van der Waals surface area contributed by atoms with Gasteiger partial charge in [0.25, 0.3) is 0 Å². The van der Waals surface area contributed by atoms with E-state index in [2.05, 4.69) is 0 Å². The van der Waals surface area contributed by atoms with Crippen molar-refractivity contribution in [3.63, 3.8) is 0 Å². The quantitative estimate of drug-likeness (QED) is 0.684. The molecular weight excluding hydrogens is 346 g/mol. The number of aromatic nitrogens is 2. The largest absolute Gasteiger partial charge is 0.268 e. The van der Waals surface area contributed by atoms with E-state index in [-0.39, 0.29) is 0 Å². The summed E-state index contributed by atoms with van der Waals surface area (Å²) in [5.74, 6) is 0. The van der Waals surface area contributed by atoms with E-state index in [9.17, 15) is 8.42 Å². The fourth-order valence-electron chi connectivity index (χ4n) is 3.71. The first-order valence-electron chi connectivity index (χ1n) is 9.72. The maximum absolute atomic E-state index is 13.4. The second-order valence-electron chi connectivity index (χ2n) is 7.03. The fraction of sp³-hybridized carbons (Fsp3) is 0.550. The van der Waals surface area contributed by atoms with Crippen LogP contribution in [0.4, 0.5) is 0 Å². The van der Waals surface area contributed by atoms with Crippen LogP contribution < -0.4 is 0 Å². The maximum atomic E-state index is 13.4. The van der Waals surface area contributed by atoms with Crippen LogP contribution in [0, 0.1) is 0 Å². The normalized spacial score (nSPS) is 15.8. The molecule has 2 aromatic rings. The summed E-state index contributed by atoms with van der Waals surface area (Å²) in [7, 11) is -3.56. The Morgan fingerprint density at radius 2 is 1.69 bits per heavy atom. The van der Waals surface area contributed by atoms with Crippen molar-refractivity contribution >= 4 is 10.0 Å². The Bertz CT molecular complexity index is 803. The molecule has 1 fully saturated rings. The summed E-state index contributed by atoms with van der Waals surface area (Å²) >= 11 is 0. The molecule has 1 heterocycles. The van der Waals surface area contributed by atoms with Crippen LogP contribution >= 0.6 is 0 Å². The van der Waals surface area contributed by atoms with Crippen molar-refractivity contribution in [2.45, 2.75) is 63.3 Å². The smallest absolute Gasteiger partial charge is 0.246 e. The lowest BCUT2D eigenvalue weighted by Gasteiger charge is -2.20. The molecule has 0 N–H and O–H groups in total. The van der Waals surface area contributed by atoms with E-state index in [1.54, 1.807) is 10.5 Å². The molecule has 26 heavy (non-hydrogen) atoms. The van der Waals surface area contributed by atoms with Gasteiger partial charge < -0.3 is 0 Å². The summed E-state index contributed by atoms with van der Waals surface area (Å²) in [6, 6.07) is 9.97. The monoisotopic (exact) mass is 375 g/mol. The first-order chi connectivity index (χ1) is 12.6. The average molecular weight is 376 g/mol. The fourth-order valence-corrected chi connectivity index (χ4v) is 5.47. The predicted molar refractivity (Wildman–Crippen MR) is 105 cm³/mol. The van der Waals surface area contributed by atoms with Crippen LogP contribution in [0.1, 0.15) is 58.4 Å². The standard InChI is InChI=1S/C20H29N3O2S/c1-3-14-22(15-4-2)26(24,25)19-16-23(18-12-8-9-13-18)21-20(19)17-10-6-5-7-11-17/h5-7,10-11,16,18H,3-4,8-9,12-15H2,1-2H3. The van der Waals surface area contributed by atoms with E-state index in [0.717, 1.165) is 31.2 Å². The van der Waals surface area contributed by atoms with E-state index >= 15 is 0 Å². The zero-order valence-corrected chi connectivity index (χ0v) is 16.6. The Morgan fingerprint density at radius 3 is 2.27 bits per heavy atom. The number of nitrogens with zero attached hydrogens (tertiary/aromatic N) is 3. The maximum Gasteiger partial charge on any atom is 0.246 e. The summed E-state index contributed by atoms with van der Waals surface area (Å²) in [6.45, 7) is 5.11. The lowest BCUT2D eigenvalue weighted by Crippen LogP contribution is -2.32. The summed E-state index contributed by atoms with van der Waals surface area (Å²) in [5, 5.41) is 4.74. The molecule has 3 rings (SSSR count). The Kier molecular flexibility index (Phi) is 6.14. The predicted octanol–water partition coefficient (Wildman–Crippen LogP) is 4.48. The molecule has 1 saturated carbocycles. The van der Waals surface area contributed by atoms with Gasteiger partial charge in [0.05, 0.1) is 6.04 Å². The Labute approximate surface area is 157 Å². The molecule has 5 nitrogen and oxygen atoms in total. The third-order valence-corrected chi connectivity index (χ3v) is 6.91. The van der Waals surface area contributed by atoms with Crippen molar-refractivity contribution in [1.82, 2.24) is 14.1 Å². The topological polar surface area (TPSA) is 55.2 Å². The van der Waals surface area contributed by atoms with Crippen LogP contribution in [-0.2, 0) is 10.0 Å². The van der Waals surface area contributed by atoms with Crippen LogP contribution in [0.15, 0.2) is 41.4 Å². The van der Waals surface area contributed by atoms with Crippen LogP contribution in [0.2, 0.25) is 0 Å². The zero-order chi connectivity index (χ0) is 18.6. The molecule has 0 spiro atoms. The average Bonchev–Trinajstić information content (AvgIpc) is 3.32. The first kappa shape index (κ1) is 19.1. The Hall–Kier alpha value is -1.66. The minimum absolute atomic E-state index is 0.312. The molecule has 0 atom stereocenters. The highest BCUT2D eigenvalue weighted by Gasteiger charge is 2.31. The molecule has 6 heteroatoms. The molecule has 1 aromatic carbocycles. The summed E-state index contributed by atoms with van der Waals surface area (Å²) in [5.41, 5.74) is 1.44. The van der Waals surface area contributed by atoms with Gasteiger partial charge in [-0.1, -0.05) is 57.0 Å². The minimum atomic E-state index is -3.56. The lowest BCUT2D eigenvalue weighted by molar-refractivity contribution is 0.409. The van der Waals surface area contributed by atoms with Crippen molar-refractivity contribution in [1.29, 1.82) is 0 Å². The number of hydrogen-bond donors (Lipinski definition) is 0. The summed E-state index contributed by atoms with van der Waals surface area (Å²) in [4.78, 5) is 0.345. The van der Waals surface area contributed by atoms with E-state index < -0.39 is 10.0 Å². The Balaban J connectivity index is 2.08. The first-order valence-corrected chi connectivity index (χ1v) is 11.2. The van der Waals surface area contributed by atoms with Crippen molar-refractivity contribution in [3.05, 3.63) is 36.5 Å². The molecule has 0 bridgehead atoms. The molecule has 0 unspecified atom stereocenters.